The first-order chi connectivity index (χ1) is 4.30. The van der Waals surface area contributed by atoms with Gasteiger partial charge in [-0.1, -0.05) is 0 Å². The first-order valence-corrected chi connectivity index (χ1v) is 3.66. The van der Waals surface area contributed by atoms with Crippen molar-refractivity contribution >= 4 is 0 Å². The second-order valence-corrected chi connectivity index (χ2v) is 2.77. The summed E-state index contributed by atoms with van der Waals surface area (Å²) in [5, 5.41) is 0. The first-order valence-electron chi connectivity index (χ1n) is 3.66. The van der Waals surface area contributed by atoms with Gasteiger partial charge in [0.05, 0.1) is 12.2 Å². The van der Waals surface area contributed by atoms with Crippen LogP contribution in [-0.4, -0.2) is 6.54 Å². The Balaban J connectivity index is 2.41. The van der Waals surface area contributed by atoms with Gasteiger partial charge in [-0.05, 0) is 25.8 Å². The molecule has 0 spiro atoms. The van der Waals surface area contributed by atoms with E-state index in [4.69, 9.17) is 0 Å². The van der Waals surface area contributed by atoms with Gasteiger partial charge in [-0.2, -0.15) is 0 Å². The highest BCUT2D eigenvalue weighted by Gasteiger charge is 2.06. The van der Waals surface area contributed by atoms with Gasteiger partial charge < -0.3 is 4.90 Å². The third kappa shape index (κ3) is 1.83. The maximum Gasteiger partial charge on any atom is 0.0736 e. The molecule has 0 radical (unpaired) electrons. The van der Waals surface area contributed by atoms with Gasteiger partial charge in [-0.25, -0.2) is 0 Å². The summed E-state index contributed by atoms with van der Waals surface area (Å²) >= 11 is 0. The largest absolute Gasteiger partial charge is 0.439 e. The molecule has 1 rings (SSSR count). The van der Waals surface area contributed by atoms with Crippen LogP contribution in [0.1, 0.15) is 25.7 Å². The summed E-state index contributed by atoms with van der Waals surface area (Å²) < 4.78 is 0. The SMILES string of the molecule is C=C1CCCCC[NH+]1[CH2-]. The van der Waals surface area contributed by atoms with Crippen LogP contribution in [0.3, 0.4) is 0 Å². The molecule has 0 aromatic heterocycles. The molecule has 0 saturated carbocycles. The van der Waals surface area contributed by atoms with Crippen molar-refractivity contribution in [1.82, 2.24) is 0 Å². The van der Waals surface area contributed by atoms with Crippen LogP contribution in [0.15, 0.2) is 12.3 Å². The molecule has 1 heterocycles. The third-order valence-corrected chi connectivity index (χ3v) is 1.96. The fourth-order valence-corrected chi connectivity index (χ4v) is 1.21. The number of nitrogens with one attached hydrogen (secondary N) is 1. The van der Waals surface area contributed by atoms with E-state index in [0.29, 0.717) is 0 Å². The molecule has 1 aliphatic rings. The van der Waals surface area contributed by atoms with Crippen molar-refractivity contribution in [2.24, 2.45) is 0 Å². The number of likely N-dealkylation sites (tertiary alicyclic amines) is 1. The van der Waals surface area contributed by atoms with E-state index < -0.39 is 0 Å². The van der Waals surface area contributed by atoms with Crippen LogP contribution >= 0.6 is 0 Å². The summed E-state index contributed by atoms with van der Waals surface area (Å²) in [4.78, 5) is 1.28. The highest BCUT2D eigenvalue weighted by atomic mass is 15.1. The summed E-state index contributed by atoms with van der Waals surface area (Å²) in [5.41, 5.74) is 1.28. The molecule has 0 bridgehead atoms. The van der Waals surface area contributed by atoms with Gasteiger partial charge in [-0.15, -0.1) is 7.05 Å². The number of hydrogen-bond donors (Lipinski definition) is 1. The summed E-state index contributed by atoms with van der Waals surface area (Å²) in [5.74, 6) is 0. The van der Waals surface area contributed by atoms with Crippen molar-refractivity contribution in [3.05, 3.63) is 19.3 Å². The average molecular weight is 125 g/mol. The highest BCUT2D eigenvalue weighted by molar-refractivity contribution is 4.80. The van der Waals surface area contributed by atoms with Crippen molar-refractivity contribution in [2.45, 2.75) is 25.7 Å². The van der Waals surface area contributed by atoms with E-state index in [2.05, 4.69) is 13.6 Å². The van der Waals surface area contributed by atoms with Crippen LogP contribution in [0, 0.1) is 7.05 Å². The molecule has 1 heteroatoms. The van der Waals surface area contributed by atoms with Crippen LogP contribution < -0.4 is 4.90 Å². The summed E-state index contributed by atoms with van der Waals surface area (Å²) in [6.45, 7) is 5.14. The molecule has 0 aliphatic carbocycles. The fraction of sp³-hybridized carbons (Fsp3) is 0.625. The smallest absolute Gasteiger partial charge is 0.0736 e. The van der Waals surface area contributed by atoms with Gasteiger partial charge in [0.2, 0.25) is 0 Å². The normalized spacial score (nSPS) is 29.9. The molecule has 52 valence electrons. The second kappa shape index (κ2) is 3.02. The molecule has 1 nitrogen and oxygen atoms in total. The quantitative estimate of drug-likeness (QED) is 0.456. The minimum absolute atomic E-state index is 1.18. The predicted molar refractivity (Wildman–Crippen MR) is 38.8 cm³/mol. The molecule has 1 aliphatic heterocycles. The van der Waals surface area contributed by atoms with Crippen molar-refractivity contribution < 1.29 is 4.90 Å². The van der Waals surface area contributed by atoms with Gasteiger partial charge in [0.1, 0.15) is 0 Å². The monoisotopic (exact) mass is 125 g/mol. The number of allylic oxidation sites excluding steroid dienone is 1. The third-order valence-electron chi connectivity index (χ3n) is 1.96. The van der Waals surface area contributed by atoms with E-state index in [1.165, 1.54) is 42.8 Å². The molecule has 0 aromatic carbocycles. The summed E-state index contributed by atoms with van der Waals surface area (Å²) in [7, 11) is 3.96. The minimum Gasteiger partial charge on any atom is -0.439 e. The van der Waals surface area contributed by atoms with Crippen LogP contribution in [0.5, 0.6) is 0 Å². The number of hydrogen-bond acceptors (Lipinski definition) is 0. The maximum atomic E-state index is 3.96. The molecular weight excluding hydrogens is 110 g/mol. The second-order valence-electron chi connectivity index (χ2n) is 2.77. The van der Waals surface area contributed by atoms with E-state index in [9.17, 15) is 0 Å². The predicted octanol–water partition coefficient (Wildman–Crippen LogP) is 0.751. The van der Waals surface area contributed by atoms with Gasteiger partial charge in [0, 0.05) is 6.42 Å². The lowest BCUT2D eigenvalue weighted by Crippen LogP contribution is -3.04. The van der Waals surface area contributed by atoms with Crippen LogP contribution in [0.2, 0.25) is 0 Å². The summed E-state index contributed by atoms with van der Waals surface area (Å²) in [6, 6.07) is 0. The van der Waals surface area contributed by atoms with Crippen LogP contribution in [0.4, 0.5) is 0 Å². The zero-order valence-electron chi connectivity index (χ0n) is 5.95. The van der Waals surface area contributed by atoms with Crippen LogP contribution in [0.25, 0.3) is 0 Å². The van der Waals surface area contributed by atoms with Crippen molar-refractivity contribution in [1.29, 1.82) is 0 Å². The molecule has 1 unspecified atom stereocenters. The van der Waals surface area contributed by atoms with Gasteiger partial charge >= 0.3 is 0 Å². The Morgan fingerprint density at radius 1 is 1.33 bits per heavy atom. The van der Waals surface area contributed by atoms with Crippen molar-refractivity contribution in [3.8, 4) is 0 Å². The molecule has 1 N–H and O–H groups in total. The molecule has 1 fully saturated rings. The molecule has 9 heavy (non-hydrogen) atoms. The summed E-state index contributed by atoms with van der Waals surface area (Å²) in [6.07, 6.45) is 5.17. The fourth-order valence-electron chi connectivity index (χ4n) is 1.21. The molecule has 1 saturated heterocycles. The molecular formula is C8H15N. The van der Waals surface area contributed by atoms with Crippen molar-refractivity contribution in [3.63, 3.8) is 0 Å². The first kappa shape index (κ1) is 6.81. The standard InChI is InChI=1S/C8H15N/c1-8-6-4-3-5-7-9(8)2/h9H,1-7H2. The molecule has 0 aromatic rings. The van der Waals surface area contributed by atoms with E-state index in [0.717, 1.165) is 0 Å². The van der Waals surface area contributed by atoms with Crippen LogP contribution in [-0.2, 0) is 0 Å². The number of quaternary nitrogens is 1. The Morgan fingerprint density at radius 2 is 2.11 bits per heavy atom. The maximum absolute atomic E-state index is 3.96. The van der Waals surface area contributed by atoms with E-state index in [1.807, 2.05) is 0 Å². The Morgan fingerprint density at radius 3 is 2.89 bits per heavy atom. The van der Waals surface area contributed by atoms with Gasteiger partial charge in [0.25, 0.3) is 0 Å². The van der Waals surface area contributed by atoms with Gasteiger partial charge in [-0.3, -0.25) is 0 Å². The number of rotatable bonds is 0. The average Bonchev–Trinajstić information content (AvgIpc) is 1.99. The Labute approximate surface area is 57.4 Å². The van der Waals surface area contributed by atoms with Gasteiger partial charge in [0.15, 0.2) is 0 Å². The van der Waals surface area contributed by atoms with E-state index >= 15 is 0 Å². The minimum atomic E-state index is 1.18. The van der Waals surface area contributed by atoms with E-state index in [-0.39, 0.29) is 0 Å². The lowest BCUT2D eigenvalue weighted by molar-refractivity contribution is -0.812. The zero-order chi connectivity index (χ0) is 6.69. The Kier molecular flexibility index (Phi) is 2.29. The van der Waals surface area contributed by atoms with E-state index in [1.54, 1.807) is 0 Å². The van der Waals surface area contributed by atoms with Crippen molar-refractivity contribution in [2.75, 3.05) is 6.54 Å². The Bertz CT molecular complexity index is 107. The Hall–Kier alpha value is -0.300. The molecule has 1 atom stereocenters. The highest BCUT2D eigenvalue weighted by Crippen LogP contribution is 2.04. The lowest BCUT2D eigenvalue weighted by atomic mass is 10.2. The lowest BCUT2D eigenvalue weighted by Gasteiger charge is -2.18. The molecule has 0 amide bonds. The topological polar surface area (TPSA) is 4.44 Å². The zero-order valence-corrected chi connectivity index (χ0v) is 5.95.